The fourth-order valence-electron chi connectivity index (χ4n) is 1.07. The van der Waals surface area contributed by atoms with Gasteiger partial charge in [0.25, 0.3) is 0 Å². The molecule has 0 saturated carbocycles. The van der Waals surface area contributed by atoms with Crippen molar-refractivity contribution in [1.82, 2.24) is 9.97 Å². The van der Waals surface area contributed by atoms with Gasteiger partial charge in [-0.15, -0.1) is 11.3 Å². The van der Waals surface area contributed by atoms with E-state index in [4.69, 9.17) is 0 Å². The maximum atomic E-state index is 10.5. The van der Waals surface area contributed by atoms with Crippen molar-refractivity contribution in [3.8, 4) is 10.6 Å². The normalized spacial score (nSPS) is 10.1. The molecule has 0 atom stereocenters. The van der Waals surface area contributed by atoms with Crippen LogP contribution >= 0.6 is 11.3 Å². The van der Waals surface area contributed by atoms with Gasteiger partial charge in [-0.3, -0.25) is 9.78 Å². The Labute approximate surface area is 85.5 Å². The number of carbonyl (C=O) groups excluding carboxylic acids is 1. The minimum atomic E-state index is 0.639. The molecule has 0 aliphatic rings. The molecule has 0 aromatic carbocycles. The van der Waals surface area contributed by atoms with Crippen LogP contribution in [0.2, 0.25) is 0 Å². The number of thiazole rings is 1. The van der Waals surface area contributed by atoms with Gasteiger partial charge in [0.05, 0.1) is 4.88 Å². The van der Waals surface area contributed by atoms with Gasteiger partial charge in [-0.05, 0) is 19.1 Å². The molecule has 2 aromatic rings. The summed E-state index contributed by atoms with van der Waals surface area (Å²) < 4.78 is 0. The lowest BCUT2D eigenvalue weighted by atomic mass is 10.3. The molecular formula is C10H8N2OS. The van der Waals surface area contributed by atoms with Crippen molar-refractivity contribution in [1.29, 1.82) is 0 Å². The summed E-state index contributed by atoms with van der Waals surface area (Å²) in [6.45, 7) is 1.93. The molecule has 0 fully saturated rings. The smallest absolute Gasteiger partial charge is 0.161 e. The standard InChI is InChI=1S/C10H8N2OS/c1-7-2-3-8(4-11-7)10-12-5-9(6-13)14-10/h2-6H,1H3. The Balaban J connectivity index is 2.39. The molecule has 2 aromatic heterocycles. The number of aryl methyl sites for hydroxylation is 1. The molecule has 0 N–H and O–H groups in total. The van der Waals surface area contributed by atoms with Gasteiger partial charge < -0.3 is 0 Å². The van der Waals surface area contributed by atoms with Gasteiger partial charge in [-0.1, -0.05) is 0 Å². The van der Waals surface area contributed by atoms with Crippen molar-refractivity contribution in [3.63, 3.8) is 0 Å². The maximum Gasteiger partial charge on any atom is 0.161 e. The fourth-order valence-corrected chi connectivity index (χ4v) is 1.79. The number of nitrogens with zero attached hydrogens (tertiary/aromatic N) is 2. The number of hydrogen-bond donors (Lipinski definition) is 0. The molecule has 2 heterocycles. The maximum absolute atomic E-state index is 10.5. The number of pyridine rings is 1. The molecule has 0 radical (unpaired) electrons. The lowest BCUT2D eigenvalue weighted by Gasteiger charge is -1.94. The summed E-state index contributed by atoms with van der Waals surface area (Å²) >= 11 is 1.37. The van der Waals surface area contributed by atoms with Crippen LogP contribution in [-0.4, -0.2) is 16.3 Å². The molecule has 0 aliphatic heterocycles. The van der Waals surface area contributed by atoms with Gasteiger partial charge in [0.1, 0.15) is 5.01 Å². The van der Waals surface area contributed by atoms with Crippen LogP contribution in [0.1, 0.15) is 15.4 Å². The van der Waals surface area contributed by atoms with Gasteiger partial charge in [-0.25, -0.2) is 4.98 Å². The highest BCUT2D eigenvalue weighted by molar-refractivity contribution is 7.16. The quantitative estimate of drug-likeness (QED) is 0.705. The number of aromatic nitrogens is 2. The third-order valence-electron chi connectivity index (χ3n) is 1.80. The van der Waals surface area contributed by atoms with Crippen molar-refractivity contribution in [2.75, 3.05) is 0 Å². The minimum Gasteiger partial charge on any atom is -0.297 e. The van der Waals surface area contributed by atoms with E-state index in [-0.39, 0.29) is 0 Å². The summed E-state index contributed by atoms with van der Waals surface area (Å²) in [4.78, 5) is 19.4. The molecule has 0 amide bonds. The number of carbonyl (C=O) groups is 1. The molecule has 14 heavy (non-hydrogen) atoms. The monoisotopic (exact) mass is 204 g/mol. The Morgan fingerprint density at radius 2 is 2.14 bits per heavy atom. The Kier molecular flexibility index (Phi) is 2.37. The van der Waals surface area contributed by atoms with Gasteiger partial charge in [-0.2, -0.15) is 0 Å². The first kappa shape index (κ1) is 9.02. The number of rotatable bonds is 2. The number of aldehydes is 1. The van der Waals surface area contributed by atoms with E-state index in [1.165, 1.54) is 11.3 Å². The predicted molar refractivity (Wildman–Crippen MR) is 55.5 cm³/mol. The van der Waals surface area contributed by atoms with Crippen LogP contribution in [0.5, 0.6) is 0 Å². The first-order chi connectivity index (χ1) is 6.79. The van der Waals surface area contributed by atoms with Crippen LogP contribution in [0.4, 0.5) is 0 Å². The lowest BCUT2D eigenvalue weighted by Crippen LogP contribution is -1.81. The molecule has 70 valence electrons. The topological polar surface area (TPSA) is 42.9 Å². The van der Waals surface area contributed by atoms with Crippen LogP contribution in [0, 0.1) is 6.92 Å². The highest BCUT2D eigenvalue weighted by atomic mass is 32.1. The molecule has 0 spiro atoms. The molecule has 0 bridgehead atoms. The third-order valence-corrected chi connectivity index (χ3v) is 2.77. The Bertz CT molecular complexity index is 447. The predicted octanol–water partition coefficient (Wildman–Crippen LogP) is 2.33. The van der Waals surface area contributed by atoms with E-state index in [0.717, 1.165) is 22.6 Å². The summed E-state index contributed by atoms with van der Waals surface area (Å²) in [5, 5.41) is 0.833. The van der Waals surface area contributed by atoms with Crippen molar-refractivity contribution in [2.24, 2.45) is 0 Å². The average molecular weight is 204 g/mol. The zero-order valence-corrected chi connectivity index (χ0v) is 8.41. The second-order valence-electron chi connectivity index (χ2n) is 2.87. The van der Waals surface area contributed by atoms with E-state index in [9.17, 15) is 4.79 Å². The summed E-state index contributed by atoms with van der Waals surface area (Å²) in [7, 11) is 0. The molecule has 0 saturated heterocycles. The molecule has 0 aliphatic carbocycles. The first-order valence-corrected chi connectivity index (χ1v) is 4.95. The first-order valence-electron chi connectivity index (χ1n) is 4.13. The summed E-state index contributed by atoms with van der Waals surface area (Å²) in [6, 6.07) is 3.88. The largest absolute Gasteiger partial charge is 0.297 e. The van der Waals surface area contributed by atoms with Gasteiger partial charge in [0.15, 0.2) is 6.29 Å². The molecule has 3 nitrogen and oxygen atoms in total. The lowest BCUT2D eigenvalue weighted by molar-refractivity contribution is 0.112. The van der Waals surface area contributed by atoms with Crippen molar-refractivity contribution in [2.45, 2.75) is 6.92 Å². The Hall–Kier alpha value is -1.55. The van der Waals surface area contributed by atoms with Gasteiger partial charge in [0, 0.05) is 23.7 Å². The summed E-state index contributed by atoms with van der Waals surface area (Å²) in [6.07, 6.45) is 4.15. The SMILES string of the molecule is Cc1ccc(-c2ncc(C=O)s2)cn1. The second kappa shape index (κ2) is 3.67. The van der Waals surface area contributed by atoms with E-state index in [2.05, 4.69) is 9.97 Å². The van der Waals surface area contributed by atoms with Crippen molar-refractivity contribution in [3.05, 3.63) is 35.1 Å². The Morgan fingerprint density at radius 3 is 2.71 bits per heavy atom. The fraction of sp³-hybridized carbons (Fsp3) is 0.100. The average Bonchev–Trinajstić information content (AvgIpc) is 2.67. The van der Waals surface area contributed by atoms with E-state index >= 15 is 0 Å². The minimum absolute atomic E-state index is 0.639. The molecule has 4 heteroatoms. The van der Waals surface area contributed by atoms with Crippen molar-refractivity contribution >= 4 is 17.6 Å². The van der Waals surface area contributed by atoms with E-state index < -0.39 is 0 Å². The van der Waals surface area contributed by atoms with Crippen LogP contribution in [0.25, 0.3) is 10.6 Å². The number of hydrogen-bond acceptors (Lipinski definition) is 4. The summed E-state index contributed by atoms with van der Waals surface area (Å²) in [5.41, 5.74) is 1.93. The zero-order chi connectivity index (χ0) is 9.97. The summed E-state index contributed by atoms with van der Waals surface area (Å²) in [5.74, 6) is 0. The van der Waals surface area contributed by atoms with Gasteiger partial charge in [0.2, 0.25) is 0 Å². The van der Waals surface area contributed by atoms with E-state index in [1.807, 2.05) is 19.1 Å². The van der Waals surface area contributed by atoms with E-state index in [1.54, 1.807) is 12.4 Å². The second-order valence-corrected chi connectivity index (χ2v) is 3.94. The van der Waals surface area contributed by atoms with E-state index in [0.29, 0.717) is 4.88 Å². The molecule has 0 unspecified atom stereocenters. The van der Waals surface area contributed by atoms with Crippen LogP contribution in [0.3, 0.4) is 0 Å². The van der Waals surface area contributed by atoms with Crippen LogP contribution < -0.4 is 0 Å². The van der Waals surface area contributed by atoms with Crippen LogP contribution in [-0.2, 0) is 0 Å². The Morgan fingerprint density at radius 1 is 1.29 bits per heavy atom. The molecular weight excluding hydrogens is 196 g/mol. The highest BCUT2D eigenvalue weighted by Gasteiger charge is 2.03. The third kappa shape index (κ3) is 1.70. The highest BCUT2D eigenvalue weighted by Crippen LogP contribution is 2.23. The molecule has 2 rings (SSSR count). The van der Waals surface area contributed by atoms with Crippen molar-refractivity contribution < 1.29 is 4.79 Å². The van der Waals surface area contributed by atoms with Crippen LogP contribution in [0.15, 0.2) is 24.5 Å². The van der Waals surface area contributed by atoms with Gasteiger partial charge >= 0.3 is 0 Å². The zero-order valence-electron chi connectivity index (χ0n) is 7.60.